The lowest BCUT2D eigenvalue weighted by Crippen LogP contribution is -2.10. The molecule has 0 N–H and O–H groups in total. The van der Waals surface area contributed by atoms with Gasteiger partial charge in [0.1, 0.15) is 5.92 Å². The van der Waals surface area contributed by atoms with Gasteiger partial charge in [0.15, 0.2) is 5.78 Å². The van der Waals surface area contributed by atoms with Gasteiger partial charge in [0.2, 0.25) is 0 Å². The molecule has 1 unspecified atom stereocenters. The van der Waals surface area contributed by atoms with Gasteiger partial charge in [-0.3, -0.25) is 9.78 Å². The molecule has 2 heterocycles. The Morgan fingerprint density at radius 2 is 2.19 bits per heavy atom. The second kappa shape index (κ2) is 6.19. The molecule has 2 aromatic heterocycles. The molecule has 4 heteroatoms. The van der Waals surface area contributed by atoms with Gasteiger partial charge in [-0.05, 0) is 48.9 Å². The Hall–Kier alpha value is -1.99. The van der Waals surface area contributed by atoms with E-state index in [1.165, 1.54) is 29.7 Å². The second-order valence-electron chi connectivity index (χ2n) is 5.33. The van der Waals surface area contributed by atoms with E-state index in [9.17, 15) is 10.1 Å². The minimum atomic E-state index is -0.749. The highest BCUT2D eigenvalue weighted by molar-refractivity contribution is 7.14. The molecule has 106 valence electrons. The first kappa shape index (κ1) is 14.0. The Balaban J connectivity index is 1.89. The van der Waals surface area contributed by atoms with Gasteiger partial charge < -0.3 is 0 Å². The summed E-state index contributed by atoms with van der Waals surface area (Å²) in [6.45, 7) is 0. The summed E-state index contributed by atoms with van der Waals surface area (Å²) in [6.07, 6.45) is 9.04. The molecule has 1 aliphatic rings. The van der Waals surface area contributed by atoms with E-state index in [4.69, 9.17) is 0 Å². The zero-order valence-corrected chi connectivity index (χ0v) is 12.5. The summed E-state index contributed by atoms with van der Waals surface area (Å²) in [6, 6.07) is 7.68. The predicted molar refractivity (Wildman–Crippen MR) is 82.5 cm³/mol. The average Bonchev–Trinajstić information content (AvgIpc) is 2.80. The van der Waals surface area contributed by atoms with Gasteiger partial charge in [-0.15, -0.1) is 11.3 Å². The lowest BCUT2D eigenvalue weighted by molar-refractivity contribution is 0.0982. The van der Waals surface area contributed by atoms with Crippen LogP contribution >= 0.6 is 11.3 Å². The second-order valence-corrected chi connectivity index (χ2v) is 6.47. The molecule has 0 spiro atoms. The van der Waals surface area contributed by atoms with E-state index in [1.807, 2.05) is 6.07 Å². The highest BCUT2D eigenvalue weighted by atomic mass is 32.1. The number of carbonyl (C=O) groups is 1. The van der Waals surface area contributed by atoms with E-state index in [-0.39, 0.29) is 5.78 Å². The van der Waals surface area contributed by atoms with Crippen molar-refractivity contribution in [1.29, 1.82) is 5.26 Å². The fourth-order valence-corrected chi connectivity index (χ4v) is 3.99. The van der Waals surface area contributed by atoms with E-state index in [2.05, 4.69) is 11.1 Å². The number of nitriles is 1. The lowest BCUT2D eigenvalue weighted by Gasteiger charge is -2.06. The van der Waals surface area contributed by atoms with Crippen LogP contribution in [0, 0.1) is 11.3 Å². The quantitative estimate of drug-likeness (QED) is 0.637. The van der Waals surface area contributed by atoms with E-state index in [0.717, 1.165) is 17.7 Å². The fraction of sp³-hybridized carbons (Fsp3) is 0.353. The first-order valence-corrected chi connectivity index (χ1v) is 8.06. The van der Waals surface area contributed by atoms with Crippen LogP contribution in [-0.2, 0) is 12.8 Å². The highest BCUT2D eigenvalue weighted by Gasteiger charge is 2.25. The van der Waals surface area contributed by atoms with Gasteiger partial charge in [0.05, 0.1) is 10.9 Å². The number of carbonyl (C=O) groups excluding carboxylic acids is 1. The third-order valence-corrected chi connectivity index (χ3v) is 5.15. The van der Waals surface area contributed by atoms with Crippen LogP contribution in [0.2, 0.25) is 0 Å². The molecule has 0 saturated carbocycles. The number of Topliss-reactive ketones (excluding diaryl/α,β-unsaturated/α-hetero) is 1. The number of thiophene rings is 1. The smallest absolute Gasteiger partial charge is 0.194 e. The fourth-order valence-electron chi connectivity index (χ4n) is 2.76. The number of fused-ring (bicyclic) bond motifs is 1. The van der Waals surface area contributed by atoms with Crippen molar-refractivity contribution in [2.45, 2.75) is 38.0 Å². The van der Waals surface area contributed by atoms with E-state index < -0.39 is 5.92 Å². The Morgan fingerprint density at radius 1 is 1.33 bits per heavy atom. The summed E-state index contributed by atoms with van der Waals surface area (Å²) in [7, 11) is 0. The van der Waals surface area contributed by atoms with Crippen molar-refractivity contribution < 1.29 is 4.79 Å². The standard InChI is InChI=1S/C17H16N2OS/c18-10-14(13-6-4-8-19-11-13)17(20)16-9-12-5-2-1-3-7-15(12)21-16/h4,6,8-9,11,14H,1-3,5,7H2. The van der Waals surface area contributed by atoms with Gasteiger partial charge in [-0.2, -0.15) is 5.26 Å². The largest absolute Gasteiger partial charge is 0.291 e. The van der Waals surface area contributed by atoms with Crippen molar-refractivity contribution in [2.24, 2.45) is 0 Å². The van der Waals surface area contributed by atoms with Gasteiger partial charge in [0, 0.05) is 17.3 Å². The van der Waals surface area contributed by atoms with E-state index in [0.29, 0.717) is 5.56 Å². The molecule has 3 rings (SSSR count). The molecular weight excluding hydrogens is 280 g/mol. The molecule has 0 bridgehead atoms. The summed E-state index contributed by atoms with van der Waals surface area (Å²) < 4.78 is 0. The number of ketones is 1. The topological polar surface area (TPSA) is 53.8 Å². The van der Waals surface area contributed by atoms with Crippen LogP contribution < -0.4 is 0 Å². The van der Waals surface area contributed by atoms with Crippen LogP contribution in [0.5, 0.6) is 0 Å². The number of rotatable bonds is 3. The maximum atomic E-state index is 12.6. The van der Waals surface area contributed by atoms with Crippen LogP contribution in [0.1, 0.15) is 50.9 Å². The minimum absolute atomic E-state index is 0.0939. The van der Waals surface area contributed by atoms with Crippen molar-refractivity contribution in [2.75, 3.05) is 0 Å². The van der Waals surface area contributed by atoms with Crippen LogP contribution in [-0.4, -0.2) is 10.8 Å². The molecule has 0 fully saturated rings. The molecule has 1 atom stereocenters. The van der Waals surface area contributed by atoms with Crippen LogP contribution in [0.15, 0.2) is 30.6 Å². The molecule has 21 heavy (non-hydrogen) atoms. The highest BCUT2D eigenvalue weighted by Crippen LogP contribution is 2.32. The van der Waals surface area contributed by atoms with Gasteiger partial charge in [-0.25, -0.2) is 0 Å². The number of nitrogens with zero attached hydrogens (tertiary/aromatic N) is 2. The molecule has 0 amide bonds. The van der Waals surface area contributed by atoms with E-state index >= 15 is 0 Å². The molecule has 0 radical (unpaired) electrons. The van der Waals surface area contributed by atoms with Crippen LogP contribution in [0.25, 0.3) is 0 Å². The zero-order chi connectivity index (χ0) is 14.7. The lowest BCUT2D eigenvalue weighted by atomic mass is 9.96. The SMILES string of the molecule is N#CC(C(=O)c1cc2c(s1)CCCCC2)c1cccnc1. The summed E-state index contributed by atoms with van der Waals surface area (Å²) in [4.78, 5) is 18.7. The van der Waals surface area contributed by atoms with E-state index in [1.54, 1.807) is 35.9 Å². The maximum Gasteiger partial charge on any atom is 0.194 e. The molecule has 0 aliphatic heterocycles. The van der Waals surface area contributed by atoms with Gasteiger partial charge in [0.25, 0.3) is 0 Å². The monoisotopic (exact) mass is 296 g/mol. The number of hydrogen-bond donors (Lipinski definition) is 0. The third-order valence-electron chi connectivity index (χ3n) is 3.90. The van der Waals surface area contributed by atoms with Crippen molar-refractivity contribution in [3.8, 4) is 6.07 Å². The number of aryl methyl sites for hydroxylation is 2. The van der Waals surface area contributed by atoms with Crippen molar-refractivity contribution in [3.05, 3.63) is 51.5 Å². The first-order chi connectivity index (χ1) is 10.3. The zero-order valence-electron chi connectivity index (χ0n) is 11.7. The first-order valence-electron chi connectivity index (χ1n) is 7.25. The summed E-state index contributed by atoms with van der Waals surface area (Å²) in [5.74, 6) is -0.843. The number of aromatic nitrogens is 1. The normalized spacial score (nSPS) is 15.6. The summed E-state index contributed by atoms with van der Waals surface area (Å²) >= 11 is 1.57. The molecular formula is C17H16N2OS. The van der Waals surface area contributed by atoms with Gasteiger partial charge >= 0.3 is 0 Å². The molecule has 2 aromatic rings. The van der Waals surface area contributed by atoms with Crippen molar-refractivity contribution in [3.63, 3.8) is 0 Å². The summed E-state index contributed by atoms with van der Waals surface area (Å²) in [5.41, 5.74) is 1.98. The van der Waals surface area contributed by atoms with Crippen LogP contribution in [0.4, 0.5) is 0 Å². The minimum Gasteiger partial charge on any atom is -0.291 e. The Kier molecular flexibility index (Phi) is 4.12. The van der Waals surface area contributed by atoms with Crippen LogP contribution in [0.3, 0.4) is 0 Å². The predicted octanol–water partition coefficient (Wildman–Crippen LogP) is 3.90. The van der Waals surface area contributed by atoms with Crippen molar-refractivity contribution >= 4 is 17.1 Å². The molecule has 3 nitrogen and oxygen atoms in total. The number of hydrogen-bond acceptors (Lipinski definition) is 4. The Labute approximate surface area is 128 Å². The Bertz CT molecular complexity index is 661. The van der Waals surface area contributed by atoms with Gasteiger partial charge in [-0.1, -0.05) is 12.5 Å². The molecule has 0 aromatic carbocycles. The molecule has 1 aliphatic carbocycles. The summed E-state index contributed by atoms with van der Waals surface area (Å²) in [5, 5.41) is 9.37. The molecule has 0 saturated heterocycles. The third kappa shape index (κ3) is 2.88. The maximum absolute atomic E-state index is 12.6. The number of pyridine rings is 1. The average molecular weight is 296 g/mol. The van der Waals surface area contributed by atoms with Crippen molar-refractivity contribution in [1.82, 2.24) is 4.98 Å². The Morgan fingerprint density at radius 3 is 2.95 bits per heavy atom.